The van der Waals surface area contributed by atoms with E-state index >= 15 is 0 Å². The van der Waals surface area contributed by atoms with Crippen molar-refractivity contribution in [2.75, 3.05) is 5.75 Å². The molecule has 0 spiro atoms. The van der Waals surface area contributed by atoms with Crippen molar-refractivity contribution in [2.45, 2.75) is 25.1 Å². The van der Waals surface area contributed by atoms with Gasteiger partial charge in [0.2, 0.25) is 0 Å². The first-order valence-corrected chi connectivity index (χ1v) is 6.06. The van der Waals surface area contributed by atoms with Crippen molar-refractivity contribution in [1.82, 2.24) is 4.98 Å². The fraction of sp³-hybridized carbons (Fsp3) is 0.455. The summed E-state index contributed by atoms with van der Waals surface area (Å²) in [4.78, 5) is 3.92. The first kappa shape index (κ1) is 12.0. The SMILES string of the molecule is CC(N)CCSCc1ccnc(C#N)c1. The Morgan fingerprint density at radius 3 is 3.13 bits per heavy atom. The van der Waals surface area contributed by atoms with Gasteiger partial charge in [0.05, 0.1) is 0 Å². The maximum atomic E-state index is 8.67. The fourth-order valence-corrected chi connectivity index (χ4v) is 2.18. The van der Waals surface area contributed by atoms with E-state index in [-0.39, 0.29) is 6.04 Å². The molecule has 1 atom stereocenters. The van der Waals surface area contributed by atoms with Gasteiger partial charge in [0.1, 0.15) is 11.8 Å². The Labute approximate surface area is 94.7 Å². The van der Waals surface area contributed by atoms with E-state index in [0.29, 0.717) is 5.69 Å². The van der Waals surface area contributed by atoms with E-state index < -0.39 is 0 Å². The third-order valence-corrected chi connectivity index (χ3v) is 2.99. The molecule has 0 aliphatic carbocycles. The minimum absolute atomic E-state index is 0.268. The monoisotopic (exact) mass is 221 g/mol. The molecule has 1 unspecified atom stereocenters. The average molecular weight is 221 g/mol. The zero-order valence-electron chi connectivity index (χ0n) is 8.81. The molecule has 15 heavy (non-hydrogen) atoms. The Hall–Kier alpha value is -1.05. The molecule has 0 aliphatic heterocycles. The lowest BCUT2D eigenvalue weighted by atomic mass is 10.2. The van der Waals surface area contributed by atoms with E-state index in [1.165, 1.54) is 0 Å². The third-order valence-electron chi connectivity index (χ3n) is 1.93. The maximum absolute atomic E-state index is 8.67. The van der Waals surface area contributed by atoms with Crippen LogP contribution in [0.4, 0.5) is 0 Å². The van der Waals surface area contributed by atoms with Crippen LogP contribution in [0.3, 0.4) is 0 Å². The Morgan fingerprint density at radius 1 is 1.67 bits per heavy atom. The summed E-state index contributed by atoms with van der Waals surface area (Å²) in [6, 6.07) is 6.08. The molecule has 4 heteroatoms. The highest BCUT2D eigenvalue weighted by Crippen LogP contribution is 2.13. The van der Waals surface area contributed by atoms with Crippen LogP contribution in [-0.4, -0.2) is 16.8 Å². The first-order chi connectivity index (χ1) is 7.22. The van der Waals surface area contributed by atoms with Gasteiger partial charge in [0.15, 0.2) is 0 Å². The minimum atomic E-state index is 0.268. The van der Waals surface area contributed by atoms with Crippen LogP contribution in [0.2, 0.25) is 0 Å². The highest BCUT2D eigenvalue weighted by molar-refractivity contribution is 7.98. The van der Waals surface area contributed by atoms with Crippen LogP contribution in [0.25, 0.3) is 0 Å². The van der Waals surface area contributed by atoms with E-state index in [4.69, 9.17) is 11.0 Å². The number of pyridine rings is 1. The number of nitrogens with zero attached hydrogens (tertiary/aromatic N) is 2. The molecule has 80 valence electrons. The van der Waals surface area contributed by atoms with Crippen molar-refractivity contribution in [3.05, 3.63) is 29.6 Å². The van der Waals surface area contributed by atoms with Gasteiger partial charge >= 0.3 is 0 Å². The summed E-state index contributed by atoms with van der Waals surface area (Å²) in [5.41, 5.74) is 7.29. The molecule has 0 aliphatic rings. The Balaban J connectivity index is 2.35. The number of nitrogens with two attached hydrogens (primary N) is 1. The molecule has 0 saturated heterocycles. The summed E-state index contributed by atoms with van der Waals surface area (Å²) in [6.07, 6.45) is 2.71. The molecule has 1 aromatic heterocycles. The van der Waals surface area contributed by atoms with Gasteiger partial charge in [0, 0.05) is 18.0 Å². The second kappa shape index (κ2) is 6.44. The number of rotatable bonds is 5. The molecular weight excluding hydrogens is 206 g/mol. The molecular formula is C11H15N3S. The highest BCUT2D eigenvalue weighted by Gasteiger charge is 1.98. The van der Waals surface area contributed by atoms with Crippen LogP contribution in [0.1, 0.15) is 24.6 Å². The molecule has 1 aromatic rings. The largest absolute Gasteiger partial charge is 0.328 e. The van der Waals surface area contributed by atoms with Crippen molar-refractivity contribution < 1.29 is 0 Å². The summed E-state index contributed by atoms with van der Waals surface area (Å²) >= 11 is 1.84. The van der Waals surface area contributed by atoms with E-state index in [9.17, 15) is 0 Å². The minimum Gasteiger partial charge on any atom is -0.328 e. The molecule has 1 rings (SSSR count). The van der Waals surface area contributed by atoms with Gasteiger partial charge in [0.25, 0.3) is 0 Å². The van der Waals surface area contributed by atoms with E-state index in [1.807, 2.05) is 36.9 Å². The van der Waals surface area contributed by atoms with Gasteiger partial charge in [-0.2, -0.15) is 17.0 Å². The molecule has 0 fully saturated rings. The van der Waals surface area contributed by atoms with Crippen molar-refractivity contribution in [3.63, 3.8) is 0 Å². The van der Waals surface area contributed by atoms with Crippen LogP contribution in [0.5, 0.6) is 0 Å². The van der Waals surface area contributed by atoms with Gasteiger partial charge in [-0.3, -0.25) is 0 Å². The smallest absolute Gasteiger partial charge is 0.140 e. The first-order valence-electron chi connectivity index (χ1n) is 4.90. The molecule has 0 radical (unpaired) electrons. The van der Waals surface area contributed by atoms with Gasteiger partial charge in [-0.15, -0.1) is 0 Å². The quantitative estimate of drug-likeness (QED) is 0.772. The fourth-order valence-electron chi connectivity index (χ4n) is 1.08. The zero-order valence-corrected chi connectivity index (χ0v) is 9.63. The third kappa shape index (κ3) is 4.82. The normalized spacial score (nSPS) is 12.1. The Morgan fingerprint density at radius 2 is 2.47 bits per heavy atom. The van der Waals surface area contributed by atoms with E-state index in [1.54, 1.807) is 6.20 Å². The summed E-state index contributed by atoms with van der Waals surface area (Å²) in [6.45, 7) is 2.01. The number of hydrogen-bond acceptors (Lipinski definition) is 4. The second-order valence-electron chi connectivity index (χ2n) is 3.48. The number of nitriles is 1. The Bertz CT molecular complexity index is 344. The van der Waals surface area contributed by atoms with Crippen molar-refractivity contribution in [2.24, 2.45) is 5.73 Å². The van der Waals surface area contributed by atoms with Gasteiger partial charge < -0.3 is 5.73 Å². The summed E-state index contributed by atoms with van der Waals surface area (Å²) in [7, 11) is 0. The van der Waals surface area contributed by atoms with E-state index in [0.717, 1.165) is 23.5 Å². The topological polar surface area (TPSA) is 62.7 Å². The zero-order chi connectivity index (χ0) is 11.1. The van der Waals surface area contributed by atoms with Crippen LogP contribution in [0.15, 0.2) is 18.3 Å². The van der Waals surface area contributed by atoms with Crippen molar-refractivity contribution in [1.29, 1.82) is 5.26 Å². The summed E-state index contributed by atoms with van der Waals surface area (Å²) < 4.78 is 0. The summed E-state index contributed by atoms with van der Waals surface area (Å²) in [5, 5.41) is 8.67. The van der Waals surface area contributed by atoms with Crippen LogP contribution < -0.4 is 5.73 Å². The van der Waals surface area contributed by atoms with Gasteiger partial charge in [-0.05, 0) is 36.8 Å². The lowest BCUT2D eigenvalue weighted by Crippen LogP contribution is -2.15. The van der Waals surface area contributed by atoms with Crippen LogP contribution in [-0.2, 0) is 5.75 Å². The predicted molar refractivity (Wildman–Crippen MR) is 63.4 cm³/mol. The lowest BCUT2D eigenvalue weighted by Gasteiger charge is -2.04. The van der Waals surface area contributed by atoms with Gasteiger partial charge in [-0.25, -0.2) is 4.98 Å². The van der Waals surface area contributed by atoms with Crippen molar-refractivity contribution in [3.8, 4) is 6.07 Å². The van der Waals surface area contributed by atoms with Crippen LogP contribution in [0, 0.1) is 11.3 Å². The summed E-state index contributed by atoms with van der Waals surface area (Å²) in [5.74, 6) is 1.98. The van der Waals surface area contributed by atoms with Crippen LogP contribution >= 0.6 is 11.8 Å². The second-order valence-corrected chi connectivity index (χ2v) is 4.58. The van der Waals surface area contributed by atoms with Crippen molar-refractivity contribution >= 4 is 11.8 Å². The molecule has 1 heterocycles. The molecule has 0 bridgehead atoms. The van der Waals surface area contributed by atoms with Gasteiger partial charge in [-0.1, -0.05) is 0 Å². The van der Waals surface area contributed by atoms with E-state index in [2.05, 4.69) is 4.98 Å². The predicted octanol–water partition coefficient (Wildman–Crippen LogP) is 1.92. The number of thioether (sulfide) groups is 1. The molecule has 0 amide bonds. The molecule has 2 N–H and O–H groups in total. The molecule has 0 aromatic carbocycles. The standard InChI is InChI=1S/C11H15N3S/c1-9(13)3-5-15-8-10-2-4-14-11(6-10)7-12/h2,4,6,9H,3,5,8,13H2,1H3. The number of aromatic nitrogens is 1. The maximum Gasteiger partial charge on any atom is 0.140 e. The highest BCUT2D eigenvalue weighted by atomic mass is 32.2. The molecule has 3 nitrogen and oxygen atoms in total. The number of hydrogen-bond donors (Lipinski definition) is 1. The lowest BCUT2D eigenvalue weighted by molar-refractivity contribution is 0.721. The Kier molecular flexibility index (Phi) is 5.16. The average Bonchev–Trinajstić information content (AvgIpc) is 2.24. The molecule has 0 saturated carbocycles.